The molecule has 0 amide bonds. The zero-order chi connectivity index (χ0) is 14.8. The highest BCUT2D eigenvalue weighted by atomic mass is 15.0. The molecule has 3 rings (SSSR count). The van der Waals surface area contributed by atoms with Crippen LogP contribution in [0.15, 0.2) is 42.5 Å². The molecular weight excluding hydrogens is 254 g/mol. The van der Waals surface area contributed by atoms with E-state index >= 15 is 0 Å². The minimum absolute atomic E-state index is 0.411. The molecule has 0 bridgehead atoms. The molecular formula is C20H27N. The fourth-order valence-corrected chi connectivity index (χ4v) is 3.86. The second-order valence-corrected chi connectivity index (χ2v) is 6.83. The zero-order valence-corrected chi connectivity index (χ0v) is 13.5. The molecule has 1 saturated carbocycles. The third-order valence-electron chi connectivity index (χ3n) is 5.46. The summed E-state index contributed by atoms with van der Waals surface area (Å²) in [6.45, 7) is 7.13. The van der Waals surface area contributed by atoms with Crippen LogP contribution in [0.5, 0.6) is 0 Å². The summed E-state index contributed by atoms with van der Waals surface area (Å²) in [4.78, 5) is 0. The summed E-state index contributed by atoms with van der Waals surface area (Å²) < 4.78 is 0. The van der Waals surface area contributed by atoms with Gasteiger partial charge in [-0.25, -0.2) is 0 Å². The lowest BCUT2D eigenvalue weighted by molar-refractivity contribution is 0.196. The topological polar surface area (TPSA) is 12.0 Å². The van der Waals surface area contributed by atoms with E-state index in [4.69, 9.17) is 0 Å². The first-order chi connectivity index (χ1) is 10.2. The first-order valence-corrected chi connectivity index (χ1v) is 8.40. The van der Waals surface area contributed by atoms with E-state index in [0.717, 1.165) is 11.8 Å². The minimum atomic E-state index is 0.411. The molecule has 4 atom stereocenters. The van der Waals surface area contributed by atoms with Crippen LogP contribution < -0.4 is 5.32 Å². The third kappa shape index (κ3) is 2.98. The van der Waals surface area contributed by atoms with Gasteiger partial charge in [-0.2, -0.15) is 0 Å². The van der Waals surface area contributed by atoms with Gasteiger partial charge in [0.1, 0.15) is 0 Å². The van der Waals surface area contributed by atoms with Crippen LogP contribution in [0.25, 0.3) is 10.8 Å². The van der Waals surface area contributed by atoms with E-state index in [1.807, 2.05) is 0 Å². The molecule has 0 spiro atoms. The quantitative estimate of drug-likeness (QED) is 0.803. The van der Waals surface area contributed by atoms with Gasteiger partial charge in [-0.05, 0) is 41.5 Å². The summed E-state index contributed by atoms with van der Waals surface area (Å²) in [5, 5.41) is 6.63. The number of rotatable bonds is 3. The Labute approximate surface area is 128 Å². The van der Waals surface area contributed by atoms with E-state index < -0.39 is 0 Å². The first kappa shape index (κ1) is 14.6. The highest BCUT2D eigenvalue weighted by Gasteiger charge is 2.28. The summed E-state index contributed by atoms with van der Waals surface area (Å²) >= 11 is 0. The molecule has 0 heterocycles. The molecule has 112 valence electrons. The largest absolute Gasteiger partial charge is 0.307 e. The van der Waals surface area contributed by atoms with Gasteiger partial charge in [0.05, 0.1) is 0 Å². The van der Waals surface area contributed by atoms with Crippen molar-refractivity contribution in [2.24, 2.45) is 11.8 Å². The van der Waals surface area contributed by atoms with Crippen LogP contribution in [0.4, 0.5) is 0 Å². The fourth-order valence-electron chi connectivity index (χ4n) is 3.86. The predicted octanol–water partition coefficient (Wildman–Crippen LogP) is 5.32. The van der Waals surface area contributed by atoms with Crippen molar-refractivity contribution in [3.63, 3.8) is 0 Å². The lowest BCUT2D eigenvalue weighted by atomic mass is 9.77. The summed E-state index contributed by atoms with van der Waals surface area (Å²) in [7, 11) is 0. The summed E-state index contributed by atoms with van der Waals surface area (Å²) in [5.41, 5.74) is 1.43. The van der Waals surface area contributed by atoms with Gasteiger partial charge >= 0.3 is 0 Å². The molecule has 1 aliphatic carbocycles. The molecule has 2 aromatic carbocycles. The van der Waals surface area contributed by atoms with Crippen molar-refractivity contribution < 1.29 is 0 Å². The number of nitrogens with one attached hydrogen (secondary N) is 1. The van der Waals surface area contributed by atoms with Crippen molar-refractivity contribution in [2.75, 3.05) is 0 Å². The van der Waals surface area contributed by atoms with E-state index in [-0.39, 0.29) is 0 Å². The fraction of sp³-hybridized carbons (Fsp3) is 0.500. The SMILES string of the molecule is CC(NC1CCCC(C)C1C)c1cccc2ccccc12. The van der Waals surface area contributed by atoms with Crippen LogP contribution >= 0.6 is 0 Å². The molecule has 1 fully saturated rings. The number of fused-ring (bicyclic) bond motifs is 1. The summed E-state index contributed by atoms with van der Waals surface area (Å²) in [6.07, 6.45) is 4.08. The molecule has 4 unspecified atom stereocenters. The standard InChI is InChI=1S/C20H27N/c1-14-8-6-13-20(15(14)2)21-16(3)18-12-7-10-17-9-4-5-11-19(17)18/h4-5,7,9-12,14-16,20-21H,6,8,13H2,1-3H3. The van der Waals surface area contributed by atoms with Gasteiger partial charge in [-0.15, -0.1) is 0 Å². The van der Waals surface area contributed by atoms with Crippen molar-refractivity contribution in [3.8, 4) is 0 Å². The lowest BCUT2D eigenvalue weighted by Crippen LogP contribution is -2.41. The number of benzene rings is 2. The summed E-state index contributed by atoms with van der Waals surface area (Å²) in [6, 6.07) is 16.4. The third-order valence-corrected chi connectivity index (χ3v) is 5.46. The maximum Gasteiger partial charge on any atom is 0.0300 e. The van der Waals surface area contributed by atoms with Crippen LogP contribution in [0.2, 0.25) is 0 Å². The highest BCUT2D eigenvalue weighted by molar-refractivity contribution is 5.86. The van der Waals surface area contributed by atoms with Gasteiger partial charge in [-0.3, -0.25) is 0 Å². The van der Waals surface area contributed by atoms with E-state index in [2.05, 4.69) is 68.6 Å². The molecule has 2 aromatic rings. The van der Waals surface area contributed by atoms with Crippen molar-refractivity contribution in [2.45, 2.75) is 52.1 Å². The van der Waals surface area contributed by atoms with Crippen LogP contribution in [-0.4, -0.2) is 6.04 Å². The Morgan fingerprint density at radius 1 is 1.00 bits per heavy atom. The second-order valence-electron chi connectivity index (χ2n) is 6.83. The van der Waals surface area contributed by atoms with Crippen LogP contribution in [0.1, 0.15) is 51.6 Å². The normalized spacial score (nSPS) is 27.7. The van der Waals surface area contributed by atoms with E-state index in [1.54, 1.807) is 0 Å². The lowest BCUT2D eigenvalue weighted by Gasteiger charge is -2.36. The first-order valence-electron chi connectivity index (χ1n) is 8.40. The Bertz CT molecular complexity index is 598. The molecule has 1 aliphatic rings. The second kappa shape index (κ2) is 6.19. The Morgan fingerprint density at radius 2 is 1.76 bits per heavy atom. The Balaban J connectivity index is 1.82. The molecule has 0 aromatic heterocycles. The molecule has 0 saturated heterocycles. The Morgan fingerprint density at radius 3 is 2.62 bits per heavy atom. The molecule has 1 nitrogen and oxygen atoms in total. The van der Waals surface area contributed by atoms with Crippen LogP contribution in [-0.2, 0) is 0 Å². The van der Waals surface area contributed by atoms with Crippen molar-refractivity contribution in [3.05, 3.63) is 48.0 Å². The average molecular weight is 281 g/mol. The average Bonchev–Trinajstić information content (AvgIpc) is 2.51. The van der Waals surface area contributed by atoms with Gasteiger partial charge < -0.3 is 5.32 Å². The molecule has 1 heteroatoms. The maximum atomic E-state index is 3.91. The highest BCUT2D eigenvalue weighted by Crippen LogP contribution is 2.32. The summed E-state index contributed by atoms with van der Waals surface area (Å²) in [5.74, 6) is 1.62. The van der Waals surface area contributed by atoms with Gasteiger partial charge in [0.2, 0.25) is 0 Å². The monoisotopic (exact) mass is 281 g/mol. The molecule has 0 radical (unpaired) electrons. The number of hydrogen-bond acceptors (Lipinski definition) is 1. The minimum Gasteiger partial charge on any atom is -0.307 e. The van der Waals surface area contributed by atoms with E-state index in [0.29, 0.717) is 12.1 Å². The van der Waals surface area contributed by atoms with Gasteiger partial charge in [0, 0.05) is 12.1 Å². The molecule has 1 N–H and O–H groups in total. The van der Waals surface area contributed by atoms with Crippen molar-refractivity contribution in [1.82, 2.24) is 5.32 Å². The van der Waals surface area contributed by atoms with E-state index in [1.165, 1.54) is 35.6 Å². The van der Waals surface area contributed by atoms with Crippen LogP contribution in [0.3, 0.4) is 0 Å². The molecule has 0 aliphatic heterocycles. The predicted molar refractivity (Wildman–Crippen MR) is 91.5 cm³/mol. The number of hydrogen-bond donors (Lipinski definition) is 1. The smallest absolute Gasteiger partial charge is 0.0300 e. The van der Waals surface area contributed by atoms with Gasteiger partial charge in [0.15, 0.2) is 0 Å². The van der Waals surface area contributed by atoms with Crippen molar-refractivity contribution in [1.29, 1.82) is 0 Å². The van der Waals surface area contributed by atoms with E-state index in [9.17, 15) is 0 Å². The van der Waals surface area contributed by atoms with Gasteiger partial charge in [-0.1, -0.05) is 69.2 Å². The maximum absolute atomic E-state index is 3.91. The van der Waals surface area contributed by atoms with Crippen LogP contribution in [0, 0.1) is 11.8 Å². The molecule has 21 heavy (non-hydrogen) atoms. The Hall–Kier alpha value is -1.34. The van der Waals surface area contributed by atoms with Crippen molar-refractivity contribution >= 4 is 10.8 Å². The Kier molecular flexibility index (Phi) is 4.30. The van der Waals surface area contributed by atoms with Gasteiger partial charge in [0.25, 0.3) is 0 Å². The zero-order valence-electron chi connectivity index (χ0n) is 13.5.